The Bertz CT molecular complexity index is 790. The van der Waals surface area contributed by atoms with Crippen molar-refractivity contribution in [1.29, 1.82) is 0 Å². The number of hydrogen-bond acceptors (Lipinski definition) is 5. The zero-order valence-electron chi connectivity index (χ0n) is 17.7. The fourth-order valence-corrected chi connectivity index (χ4v) is 5.63. The Hall–Kier alpha value is -1.48. The van der Waals surface area contributed by atoms with Crippen LogP contribution in [-0.2, 0) is 19.6 Å². The van der Waals surface area contributed by atoms with Crippen molar-refractivity contribution in [3.63, 3.8) is 0 Å². The maximum Gasteiger partial charge on any atom is 0.240 e. The molecule has 3 N–H and O–H groups in total. The third-order valence-electron chi connectivity index (χ3n) is 6.17. The number of hydrogen-bond donors (Lipinski definition) is 3. The van der Waals surface area contributed by atoms with Crippen molar-refractivity contribution < 1.29 is 23.1 Å². The zero-order valence-corrected chi connectivity index (χ0v) is 18.5. The van der Waals surface area contributed by atoms with Crippen LogP contribution in [0.1, 0.15) is 56.9 Å². The lowest BCUT2D eigenvalue weighted by Gasteiger charge is -2.36. The maximum absolute atomic E-state index is 12.7. The number of sulfonamides is 1. The summed E-state index contributed by atoms with van der Waals surface area (Å²) in [7, 11) is -3.68. The fraction of sp³-hybridized carbons (Fsp3) is 0.682. The lowest BCUT2D eigenvalue weighted by Crippen LogP contribution is -2.51. The molecule has 0 radical (unpaired) electrons. The molecule has 1 saturated heterocycles. The number of nitrogens with one attached hydrogen (secondary N) is 2. The molecule has 2 fully saturated rings. The van der Waals surface area contributed by atoms with E-state index in [9.17, 15) is 18.3 Å². The predicted molar refractivity (Wildman–Crippen MR) is 114 cm³/mol. The van der Waals surface area contributed by atoms with E-state index >= 15 is 0 Å². The van der Waals surface area contributed by atoms with Gasteiger partial charge in [-0.3, -0.25) is 4.79 Å². The lowest BCUT2D eigenvalue weighted by molar-refractivity contribution is -0.126. The van der Waals surface area contributed by atoms with Crippen LogP contribution in [0.3, 0.4) is 0 Å². The molecule has 168 valence electrons. The summed E-state index contributed by atoms with van der Waals surface area (Å²) in [5.41, 5.74) is 0.988. The van der Waals surface area contributed by atoms with Crippen molar-refractivity contribution in [2.75, 3.05) is 13.2 Å². The van der Waals surface area contributed by atoms with Crippen LogP contribution >= 0.6 is 0 Å². The summed E-state index contributed by atoms with van der Waals surface area (Å²) < 4.78 is 33.9. The number of aryl methyl sites for hydroxylation is 1. The number of rotatable bonds is 8. The van der Waals surface area contributed by atoms with Crippen molar-refractivity contribution >= 4 is 15.9 Å². The normalized spacial score (nSPS) is 25.7. The quantitative estimate of drug-likeness (QED) is 0.578. The minimum absolute atomic E-state index is 0.103. The first kappa shape index (κ1) is 23.2. The van der Waals surface area contributed by atoms with Crippen molar-refractivity contribution in [3.8, 4) is 0 Å². The van der Waals surface area contributed by atoms with Crippen LogP contribution in [0.15, 0.2) is 29.2 Å². The maximum atomic E-state index is 12.7. The van der Waals surface area contributed by atoms with Crippen molar-refractivity contribution in [1.82, 2.24) is 10.0 Å². The van der Waals surface area contributed by atoms with Gasteiger partial charge in [0.05, 0.1) is 29.8 Å². The molecule has 3 atom stereocenters. The number of benzene rings is 1. The van der Waals surface area contributed by atoms with Gasteiger partial charge in [-0.15, -0.1) is 0 Å². The summed E-state index contributed by atoms with van der Waals surface area (Å²) in [6.07, 6.45) is 6.64. The van der Waals surface area contributed by atoms with Gasteiger partial charge in [-0.2, -0.15) is 0 Å². The molecule has 0 bridgehead atoms. The van der Waals surface area contributed by atoms with E-state index in [4.69, 9.17) is 4.74 Å². The van der Waals surface area contributed by atoms with Gasteiger partial charge in [-0.05, 0) is 51.2 Å². The molecule has 1 heterocycles. The Morgan fingerprint density at radius 1 is 1.10 bits per heavy atom. The van der Waals surface area contributed by atoms with E-state index in [2.05, 4.69) is 10.0 Å². The summed E-state index contributed by atoms with van der Waals surface area (Å²) in [4.78, 5) is 12.5. The Morgan fingerprint density at radius 3 is 2.47 bits per heavy atom. The van der Waals surface area contributed by atoms with E-state index in [-0.39, 0.29) is 29.4 Å². The molecule has 0 aromatic heterocycles. The average molecular weight is 439 g/mol. The van der Waals surface area contributed by atoms with Gasteiger partial charge in [-0.25, -0.2) is 13.1 Å². The van der Waals surface area contributed by atoms with E-state index in [1.807, 2.05) is 6.92 Å². The van der Waals surface area contributed by atoms with Crippen LogP contribution in [0, 0.1) is 12.8 Å². The summed E-state index contributed by atoms with van der Waals surface area (Å²) in [5.74, 6) is 0.268. The minimum atomic E-state index is -3.68. The second-order valence-electron chi connectivity index (χ2n) is 8.51. The molecule has 1 amide bonds. The van der Waals surface area contributed by atoms with Gasteiger partial charge in [0.2, 0.25) is 15.9 Å². The molecular weight excluding hydrogens is 404 g/mol. The van der Waals surface area contributed by atoms with E-state index in [1.165, 1.54) is 6.42 Å². The fourth-order valence-electron chi connectivity index (χ4n) is 4.33. The first-order valence-electron chi connectivity index (χ1n) is 11.0. The van der Waals surface area contributed by atoms with Gasteiger partial charge >= 0.3 is 0 Å². The standard InChI is InChI=1S/C22H34N2O5S/c1-16-7-10-19(11-8-16)30(27,28)24-20-12-9-18(29-21(20)15-25)13-14-23-22(26)17-5-3-2-4-6-17/h7-8,10-11,17-18,20-21,24-25H,2-6,9,12-15H2,1H3,(H,23,26)/t18-,20+,21-/m1/s1. The van der Waals surface area contributed by atoms with Crippen molar-refractivity contribution in [3.05, 3.63) is 29.8 Å². The highest BCUT2D eigenvalue weighted by molar-refractivity contribution is 7.89. The molecular formula is C22H34N2O5S. The molecule has 1 aliphatic carbocycles. The molecule has 1 aromatic rings. The zero-order chi connectivity index (χ0) is 21.6. The van der Waals surface area contributed by atoms with Crippen LogP contribution in [0.5, 0.6) is 0 Å². The van der Waals surface area contributed by atoms with Crippen LogP contribution in [-0.4, -0.2) is 50.8 Å². The average Bonchev–Trinajstić information content (AvgIpc) is 2.75. The molecule has 0 spiro atoms. The van der Waals surface area contributed by atoms with Crippen LogP contribution in [0.2, 0.25) is 0 Å². The first-order chi connectivity index (χ1) is 14.4. The van der Waals surface area contributed by atoms with Gasteiger partial charge in [0.1, 0.15) is 0 Å². The summed E-state index contributed by atoms with van der Waals surface area (Å²) >= 11 is 0. The van der Waals surface area contributed by atoms with Crippen molar-refractivity contribution in [2.24, 2.45) is 5.92 Å². The number of carbonyl (C=O) groups excluding carboxylic acids is 1. The second kappa shape index (κ2) is 10.7. The number of ether oxygens (including phenoxy) is 1. The molecule has 3 rings (SSSR count). The van der Waals surface area contributed by atoms with E-state index < -0.39 is 22.2 Å². The van der Waals surface area contributed by atoms with Gasteiger partial charge in [0.15, 0.2) is 0 Å². The van der Waals surface area contributed by atoms with E-state index in [1.54, 1.807) is 24.3 Å². The Balaban J connectivity index is 1.47. The smallest absolute Gasteiger partial charge is 0.240 e. The van der Waals surface area contributed by atoms with Gasteiger partial charge in [-0.1, -0.05) is 37.0 Å². The minimum Gasteiger partial charge on any atom is -0.394 e. The monoisotopic (exact) mass is 438 g/mol. The second-order valence-corrected chi connectivity index (χ2v) is 10.2. The highest BCUT2D eigenvalue weighted by Gasteiger charge is 2.34. The number of aliphatic hydroxyl groups excluding tert-OH is 1. The third-order valence-corrected chi connectivity index (χ3v) is 7.68. The summed E-state index contributed by atoms with van der Waals surface area (Å²) in [6, 6.07) is 6.19. The first-order valence-corrected chi connectivity index (χ1v) is 12.5. The molecule has 30 heavy (non-hydrogen) atoms. The Morgan fingerprint density at radius 2 is 1.80 bits per heavy atom. The van der Waals surface area contributed by atoms with Gasteiger partial charge in [0.25, 0.3) is 0 Å². The lowest BCUT2D eigenvalue weighted by atomic mass is 9.88. The topological polar surface area (TPSA) is 105 Å². The number of aliphatic hydroxyl groups is 1. The molecule has 7 nitrogen and oxygen atoms in total. The molecule has 0 unspecified atom stereocenters. The van der Waals surface area contributed by atoms with Crippen LogP contribution in [0.4, 0.5) is 0 Å². The van der Waals surface area contributed by atoms with Gasteiger partial charge < -0.3 is 15.2 Å². The highest BCUT2D eigenvalue weighted by atomic mass is 32.2. The SMILES string of the molecule is Cc1ccc(S(=O)(=O)N[C@H]2CC[C@H](CCNC(=O)C3CCCCC3)O[C@@H]2CO)cc1. The Kier molecular flexibility index (Phi) is 8.27. The predicted octanol–water partition coefficient (Wildman–Crippen LogP) is 2.27. The largest absolute Gasteiger partial charge is 0.394 e. The van der Waals surface area contributed by atoms with E-state index in [0.29, 0.717) is 25.8 Å². The summed E-state index contributed by atoms with van der Waals surface area (Å²) in [5, 5.41) is 12.8. The van der Waals surface area contributed by atoms with E-state index in [0.717, 1.165) is 31.2 Å². The van der Waals surface area contributed by atoms with Crippen LogP contribution in [0.25, 0.3) is 0 Å². The van der Waals surface area contributed by atoms with Gasteiger partial charge in [0, 0.05) is 12.5 Å². The molecule has 1 aliphatic heterocycles. The molecule has 2 aliphatic rings. The summed E-state index contributed by atoms with van der Waals surface area (Å²) in [6.45, 7) is 2.18. The van der Waals surface area contributed by atoms with Crippen molar-refractivity contribution in [2.45, 2.75) is 81.4 Å². The number of amides is 1. The Labute approximate surface area is 179 Å². The number of carbonyl (C=O) groups is 1. The molecule has 1 aromatic carbocycles. The van der Waals surface area contributed by atoms with Crippen LogP contribution < -0.4 is 10.0 Å². The highest BCUT2D eigenvalue weighted by Crippen LogP contribution is 2.25. The molecule has 1 saturated carbocycles. The third kappa shape index (κ3) is 6.26. The molecule has 8 heteroatoms.